The Kier molecular flexibility index (Phi) is 4.24. The Morgan fingerprint density at radius 1 is 1.17 bits per heavy atom. The maximum atomic E-state index is 12.3. The molecule has 0 saturated carbocycles. The van der Waals surface area contributed by atoms with Gasteiger partial charge in [-0.15, -0.1) is 0 Å². The van der Waals surface area contributed by atoms with E-state index in [2.05, 4.69) is 10.3 Å². The summed E-state index contributed by atoms with van der Waals surface area (Å²) in [6, 6.07) is 15.4. The van der Waals surface area contributed by atoms with Crippen LogP contribution in [0.5, 0.6) is 5.75 Å². The van der Waals surface area contributed by atoms with Crippen molar-refractivity contribution in [2.75, 3.05) is 7.11 Å². The molecule has 0 aliphatic rings. The minimum atomic E-state index is -0.141. The number of aryl methyl sites for hydroxylation is 1. The van der Waals surface area contributed by atoms with Gasteiger partial charge in [0.05, 0.1) is 19.3 Å². The SMILES string of the molecule is COc1cc(C(=O)NCc2nccc3ccccc23)ccc1C. The number of carbonyl (C=O) groups excluding carboxylic acids is 1. The van der Waals surface area contributed by atoms with Crippen molar-refractivity contribution in [1.82, 2.24) is 10.3 Å². The molecular weight excluding hydrogens is 288 g/mol. The van der Waals surface area contributed by atoms with E-state index in [0.717, 1.165) is 22.0 Å². The summed E-state index contributed by atoms with van der Waals surface area (Å²) in [5, 5.41) is 5.09. The van der Waals surface area contributed by atoms with E-state index < -0.39 is 0 Å². The molecule has 4 nitrogen and oxygen atoms in total. The molecule has 0 aliphatic carbocycles. The number of rotatable bonds is 4. The van der Waals surface area contributed by atoms with Crippen molar-refractivity contribution in [3.05, 3.63) is 71.5 Å². The third-order valence-electron chi connectivity index (χ3n) is 3.84. The van der Waals surface area contributed by atoms with E-state index in [1.54, 1.807) is 25.4 Å². The van der Waals surface area contributed by atoms with Crippen LogP contribution in [-0.4, -0.2) is 18.0 Å². The summed E-state index contributed by atoms with van der Waals surface area (Å²) in [6.07, 6.45) is 1.76. The molecule has 0 unspecified atom stereocenters. The zero-order chi connectivity index (χ0) is 16.2. The van der Waals surface area contributed by atoms with Gasteiger partial charge in [0.2, 0.25) is 0 Å². The van der Waals surface area contributed by atoms with Gasteiger partial charge in [-0.05, 0) is 36.1 Å². The molecule has 0 saturated heterocycles. The van der Waals surface area contributed by atoms with Gasteiger partial charge in [-0.25, -0.2) is 0 Å². The molecule has 3 rings (SSSR count). The van der Waals surface area contributed by atoms with Gasteiger partial charge < -0.3 is 10.1 Å². The van der Waals surface area contributed by atoms with Crippen LogP contribution in [0.3, 0.4) is 0 Å². The first-order valence-electron chi connectivity index (χ1n) is 7.44. The Morgan fingerprint density at radius 3 is 2.83 bits per heavy atom. The Labute approximate surface area is 135 Å². The fraction of sp³-hybridized carbons (Fsp3) is 0.158. The number of hydrogen-bond acceptors (Lipinski definition) is 3. The fourth-order valence-corrected chi connectivity index (χ4v) is 2.55. The second kappa shape index (κ2) is 6.48. The third-order valence-corrected chi connectivity index (χ3v) is 3.84. The summed E-state index contributed by atoms with van der Waals surface area (Å²) >= 11 is 0. The van der Waals surface area contributed by atoms with E-state index in [4.69, 9.17) is 4.74 Å². The molecule has 0 fully saturated rings. The van der Waals surface area contributed by atoms with Gasteiger partial charge in [-0.2, -0.15) is 0 Å². The van der Waals surface area contributed by atoms with Crippen LogP contribution in [0.15, 0.2) is 54.7 Å². The molecular formula is C19H18N2O2. The molecule has 3 aromatic rings. The number of nitrogens with zero attached hydrogens (tertiary/aromatic N) is 1. The minimum Gasteiger partial charge on any atom is -0.496 e. The van der Waals surface area contributed by atoms with E-state index >= 15 is 0 Å². The van der Waals surface area contributed by atoms with Crippen LogP contribution >= 0.6 is 0 Å². The molecule has 1 aromatic heterocycles. The van der Waals surface area contributed by atoms with Crippen LogP contribution in [-0.2, 0) is 6.54 Å². The quantitative estimate of drug-likeness (QED) is 0.803. The van der Waals surface area contributed by atoms with E-state index in [9.17, 15) is 4.79 Å². The summed E-state index contributed by atoms with van der Waals surface area (Å²) in [5.41, 5.74) is 2.43. The zero-order valence-electron chi connectivity index (χ0n) is 13.2. The number of methoxy groups -OCH3 is 1. The van der Waals surface area contributed by atoms with Crippen LogP contribution in [0.1, 0.15) is 21.6 Å². The smallest absolute Gasteiger partial charge is 0.251 e. The van der Waals surface area contributed by atoms with Crippen molar-refractivity contribution in [2.24, 2.45) is 0 Å². The molecule has 1 heterocycles. The number of ether oxygens (including phenoxy) is 1. The van der Waals surface area contributed by atoms with Crippen molar-refractivity contribution in [1.29, 1.82) is 0 Å². The van der Waals surface area contributed by atoms with Crippen LogP contribution in [0.2, 0.25) is 0 Å². The topological polar surface area (TPSA) is 51.2 Å². The standard InChI is InChI=1S/C19H18N2O2/c1-13-7-8-15(11-18(13)23-2)19(22)21-12-17-16-6-4-3-5-14(16)9-10-20-17/h3-11H,12H2,1-2H3,(H,21,22). The Morgan fingerprint density at radius 2 is 2.00 bits per heavy atom. The predicted octanol–water partition coefficient (Wildman–Crippen LogP) is 3.48. The third kappa shape index (κ3) is 3.16. The summed E-state index contributed by atoms with van der Waals surface area (Å²) in [4.78, 5) is 16.7. The van der Waals surface area contributed by atoms with Crippen LogP contribution in [0.25, 0.3) is 10.8 Å². The molecule has 1 N–H and O–H groups in total. The molecule has 1 amide bonds. The predicted molar refractivity (Wildman–Crippen MR) is 90.6 cm³/mol. The second-order valence-corrected chi connectivity index (χ2v) is 5.35. The van der Waals surface area contributed by atoms with Crippen molar-refractivity contribution in [2.45, 2.75) is 13.5 Å². The molecule has 116 valence electrons. The van der Waals surface area contributed by atoms with E-state index in [1.807, 2.05) is 43.3 Å². The highest BCUT2D eigenvalue weighted by Crippen LogP contribution is 2.19. The van der Waals surface area contributed by atoms with Gasteiger partial charge in [-0.1, -0.05) is 30.3 Å². The summed E-state index contributed by atoms with van der Waals surface area (Å²) in [7, 11) is 1.60. The molecule has 23 heavy (non-hydrogen) atoms. The van der Waals surface area contributed by atoms with Crippen molar-refractivity contribution >= 4 is 16.7 Å². The monoisotopic (exact) mass is 306 g/mol. The second-order valence-electron chi connectivity index (χ2n) is 5.35. The number of hydrogen-bond donors (Lipinski definition) is 1. The van der Waals surface area contributed by atoms with Crippen molar-refractivity contribution in [3.63, 3.8) is 0 Å². The van der Waals surface area contributed by atoms with Crippen molar-refractivity contribution in [3.8, 4) is 5.75 Å². The number of aromatic nitrogens is 1. The van der Waals surface area contributed by atoms with Gasteiger partial charge >= 0.3 is 0 Å². The first kappa shape index (κ1) is 15.0. The van der Waals surface area contributed by atoms with Gasteiger partial charge in [0.15, 0.2) is 0 Å². The maximum absolute atomic E-state index is 12.3. The molecule has 0 radical (unpaired) electrons. The largest absolute Gasteiger partial charge is 0.496 e. The number of nitrogens with one attached hydrogen (secondary N) is 1. The van der Waals surface area contributed by atoms with E-state index in [1.165, 1.54) is 0 Å². The van der Waals surface area contributed by atoms with Gasteiger partial charge in [0.1, 0.15) is 5.75 Å². The maximum Gasteiger partial charge on any atom is 0.251 e. The Hall–Kier alpha value is -2.88. The molecule has 2 aromatic carbocycles. The van der Waals surface area contributed by atoms with Crippen LogP contribution in [0, 0.1) is 6.92 Å². The summed E-state index contributed by atoms with van der Waals surface area (Å²) in [6.45, 7) is 2.33. The summed E-state index contributed by atoms with van der Waals surface area (Å²) < 4.78 is 5.26. The average molecular weight is 306 g/mol. The lowest BCUT2D eigenvalue weighted by Crippen LogP contribution is -2.23. The lowest BCUT2D eigenvalue weighted by molar-refractivity contribution is 0.0950. The summed E-state index contributed by atoms with van der Waals surface area (Å²) in [5.74, 6) is 0.568. The normalized spacial score (nSPS) is 10.5. The van der Waals surface area contributed by atoms with Crippen LogP contribution in [0.4, 0.5) is 0 Å². The average Bonchev–Trinajstić information content (AvgIpc) is 2.60. The number of pyridine rings is 1. The first-order chi connectivity index (χ1) is 11.2. The molecule has 0 aliphatic heterocycles. The fourth-order valence-electron chi connectivity index (χ4n) is 2.55. The number of fused-ring (bicyclic) bond motifs is 1. The lowest BCUT2D eigenvalue weighted by Gasteiger charge is -2.09. The molecule has 0 atom stereocenters. The zero-order valence-corrected chi connectivity index (χ0v) is 13.2. The van der Waals surface area contributed by atoms with Crippen LogP contribution < -0.4 is 10.1 Å². The van der Waals surface area contributed by atoms with Gasteiger partial charge in [0, 0.05) is 17.1 Å². The Balaban J connectivity index is 1.78. The first-order valence-corrected chi connectivity index (χ1v) is 7.44. The highest BCUT2D eigenvalue weighted by molar-refractivity contribution is 5.95. The van der Waals surface area contributed by atoms with Crippen molar-refractivity contribution < 1.29 is 9.53 Å². The molecule has 0 spiro atoms. The van der Waals surface area contributed by atoms with E-state index in [-0.39, 0.29) is 5.91 Å². The molecule has 4 heteroatoms. The number of benzene rings is 2. The minimum absolute atomic E-state index is 0.141. The Bertz CT molecular complexity index is 854. The highest BCUT2D eigenvalue weighted by Gasteiger charge is 2.09. The molecule has 0 bridgehead atoms. The number of carbonyl (C=O) groups is 1. The van der Waals surface area contributed by atoms with E-state index in [0.29, 0.717) is 17.9 Å². The van der Waals surface area contributed by atoms with Gasteiger partial charge in [0.25, 0.3) is 5.91 Å². The van der Waals surface area contributed by atoms with Gasteiger partial charge in [-0.3, -0.25) is 9.78 Å². The number of amides is 1. The highest BCUT2D eigenvalue weighted by atomic mass is 16.5. The lowest BCUT2D eigenvalue weighted by atomic mass is 10.1.